The number of aryl methyl sites for hydroxylation is 2. The van der Waals surface area contributed by atoms with Crippen molar-refractivity contribution in [1.82, 2.24) is 39.2 Å². The van der Waals surface area contributed by atoms with E-state index < -0.39 is 0 Å². The Hall–Kier alpha value is -5.42. The Morgan fingerprint density at radius 1 is 0.889 bits per heavy atom. The number of hydrogen-bond acceptors (Lipinski definition) is 9. The zero-order valence-electron chi connectivity index (χ0n) is 25.5. The molecule has 0 bridgehead atoms. The van der Waals surface area contributed by atoms with E-state index in [1.807, 2.05) is 68.6 Å². The molecule has 226 valence electrons. The minimum atomic E-state index is -0.220. The Balaban J connectivity index is 1.23. The lowest BCUT2D eigenvalue weighted by Gasteiger charge is -2.30. The quantitative estimate of drug-likeness (QED) is 0.256. The molecule has 7 rings (SSSR count). The van der Waals surface area contributed by atoms with Crippen LogP contribution in [0.1, 0.15) is 18.5 Å². The van der Waals surface area contributed by atoms with Gasteiger partial charge in [0.15, 0.2) is 11.5 Å². The third-order valence-electron chi connectivity index (χ3n) is 8.21. The van der Waals surface area contributed by atoms with E-state index in [1.54, 1.807) is 27.8 Å². The molecule has 11 nitrogen and oxygen atoms in total. The van der Waals surface area contributed by atoms with Crippen LogP contribution in [-0.4, -0.2) is 65.4 Å². The Kier molecular flexibility index (Phi) is 7.52. The monoisotopic (exact) mass is 598 g/mol. The second-order valence-electron chi connectivity index (χ2n) is 11.5. The molecule has 0 amide bonds. The van der Waals surface area contributed by atoms with Crippen LogP contribution in [0, 0.1) is 6.92 Å². The fraction of sp³-hybridized carbons (Fsp3) is 0.235. The molecule has 11 heteroatoms. The highest BCUT2D eigenvalue weighted by Gasteiger charge is 2.19. The van der Waals surface area contributed by atoms with Crippen LogP contribution >= 0.6 is 0 Å². The van der Waals surface area contributed by atoms with E-state index >= 15 is 0 Å². The topological polar surface area (TPSA) is 119 Å². The van der Waals surface area contributed by atoms with Crippen molar-refractivity contribution in [2.75, 3.05) is 30.8 Å². The van der Waals surface area contributed by atoms with Crippen LogP contribution in [0.3, 0.4) is 0 Å². The van der Waals surface area contributed by atoms with E-state index in [9.17, 15) is 4.79 Å². The maximum Gasteiger partial charge on any atom is 0.264 e. The minimum Gasteiger partial charge on any atom is -0.381 e. The van der Waals surface area contributed by atoms with Crippen LogP contribution in [0.2, 0.25) is 0 Å². The van der Waals surface area contributed by atoms with Gasteiger partial charge >= 0.3 is 0 Å². The van der Waals surface area contributed by atoms with Gasteiger partial charge in [0, 0.05) is 66.2 Å². The van der Waals surface area contributed by atoms with Gasteiger partial charge in [-0.3, -0.25) is 14.0 Å². The molecule has 4 aromatic heterocycles. The summed E-state index contributed by atoms with van der Waals surface area (Å²) in [6.07, 6.45) is 7.52. The summed E-state index contributed by atoms with van der Waals surface area (Å²) in [5, 5.41) is 11.9. The molecule has 0 radical (unpaired) electrons. The van der Waals surface area contributed by atoms with E-state index in [1.165, 1.54) is 12.8 Å². The van der Waals surface area contributed by atoms with Gasteiger partial charge in [0.25, 0.3) is 5.56 Å². The summed E-state index contributed by atoms with van der Waals surface area (Å²) in [7, 11) is 4.01. The molecular formula is C34H34N10O. The van der Waals surface area contributed by atoms with Gasteiger partial charge in [0.1, 0.15) is 5.69 Å². The summed E-state index contributed by atoms with van der Waals surface area (Å²) in [6.45, 7) is 4.07. The van der Waals surface area contributed by atoms with Crippen molar-refractivity contribution in [1.29, 1.82) is 0 Å². The smallest absolute Gasteiger partial charge is 0.264 e. The molecule has 1 aliphatic rings. The molecule has 1 aliphatic heterocycles. The van der Waals surface area contributed by atoms with E-state index in [-0.39, 0.29) is 5.56 Å². The highest BCUT2D eigenvalue weighted by Crippen LogP contribution is 2.27. The van der Waals surface area contributed by atoms with Crippen molar-refractivity contribution < 1.29 is 0 Å². The summed E-state index contributed by atoms with van der Waals surface area (Å²) < 4.78 is 3.34. The molecule has 2 N–H and O–H groups in total. The fourth-order valence-corrected chi connectivity index (χ4v) is 5.91. The Morgan fingerprint density at radius 2 is 1.69 bits per heavy atom. The number of likely N-dealkylation sites (N-methyl/N-ethyl adjacent to an activating group) is 1. The number of piperidine rings is 1. The van der Waals surface area contributed by atoms with E-state index in [4.69, 9.17) is 9.97 Å². The van der Waals surface area contributed by atoms with Gasteiger partial charge in [-0.1, -0.05) is 18.2 Å². The highest BCUT2D eigenvalue weighted by atomic mass is 16.1. The number of pyridine rings is 1. The van der Waals surface area contributed by atoms with Crippen LogP contribution < -0.4 is 16.2 Å². The molecule has 6 aromatic rings. The lowest BCUT2D eigenvalue weighted by molar-refractivity contribution is 0.261. The van der Waals surface area contributed by atoms with Crippen molar-refractivity contribution in [2.24, 2.45) is 7.05 Å². The number of aromatic nitrogens is 7. The largest absolute Gasteiger partial charge is 0.381 e. The average molecular weight is 599 g/mol. The Bertz CT molecular complexity index is 2040. The van der Waals surface area contributed by atoms with E-state index in [0.29, 0.717) is 51.4 Å². The fourth-order valence-electron chi connectivity index (χ4n) is 5.91. The molecule has 2 aromatic carbocycles. The summed E-state index contributed by atoms with van der Waals surface area (Å²) in [5.74, 6) is 0.943. The molecule has 0 spiro atoms. The number of nitrogens with zero attached hydrogens (tertiary/aromatic N) is 8. The summed E-state index contributed by atoms with van der Waals surface area (Å²) in [6, 6.07) is 21.8. The van der Waals surface area contributed by atoms with Crippen molar-refractivity contribution in [2.45, 2.75) is 25.8 Å². The van der Waals surface area contributed by atoms with Gasteiger partial charge in [-0.15, -0.1) is 0 Å². The van der Waals surface area contributed by atoms with Crippen LogP contribution in [0.15, 0.2) is 90.1 Å². The van der Waals surface area contributed by atoms with Crippen molar-refractivity contribution in [3.05, 3.63) is 101 Å². The zero-order chi connectivity index (χ0) is 30.9. The number of fused-ring (bicyclic) bond motifs is 1. The van der Waals surface area contributed by atoms with Crippen LogP contribution in [0.5, 0.6) is 0 Å². The average Bonchev–Trinajstić information content (AvgIpc) is 3.48. The summed E-state index contributed by atoms with van der Waals surface area (Å²) >= 11 is 0. The van der Waals surface area contributed by atoms with E-state index in [2.05, 4.69) is 49.8 Å². The van der Waals surface area contributed by atoms with Gasteiger partial charge in [-0.2, -0.15) is 10.1 Å². The number of para-hydroxylation sites is 1. The molecule has 5 heterocycles. The van der Waals surface area contributed by atoms with Gasteiger partial charge in [-0.25, -0.2) is 15.0 Å². The maximum atomic E-state index is 14.2. The SMILES string of the molecule is Cc1nc(-c2ccnn2C)ncc1-c1cc2cnc(Nc3ccc(NC4CCCN(C)C4)cc3)nc2n(-c2ccccc2)c1=O. The van der Waals surface area contributed by atoms with Crippen LogP contribution in [0.4, 0.5) is 17.3 Å². The molecule has 1 saturated heterocycles. The summed E-state index contributed by atoms with van der Waals surface area (Å²) in [4.78, 5) is 35.3. The lowest BCUT2D eigenvalue weighted by atomic mass is 10.1. The van der Waals surface area contributed by atoms with Gasteiger partial charge in [0.05, 0.1) is 11.3 Å². The van der Waals surface area contributed by atoms with Gasteiger partial charge in [0.2, 0.25) is 5.95 Å². The van der Waals surface area contributed by atoms with Crippen LogP contribution in [-0.2, 0) is 7.05 Å². The molecule has 1 unspecified atom stereocenters. The van der Waals surface area contributed by atoms with Crippen molar-refractivity contribution in [3.8, 4) is 28.3 Å². The second kappa shape index (κ2) is 11.9. The first kappa shape index (κ1) is 28.4. The summed E-state index contributed by atoms with van der Waals surface area (Å²) in [5.41, 5.74) is 5.51. The third kappa shape index (κ3) is 5.77. The normalized spacial score (nSPS) is 15.3. The molecule has 45 heavy (non-hydrogen) atoms. The van der Waals surface area contributed by atoms with Gasteiger partial charge in [-0.05, 0) is 81.9 Å². The predicted molar refractivity (Wildman–Crippen MR) is 177 cm³/mol. The molecule has 1 atom stereocenters. The molecular weight excluding hydrogens is 564 g/mol. The standard InChI is InChI=1S/C34H34N10O/c1-22-29(20-35-31(38-22)30-15-16-37-43(30)3)28-18-23-19-36-34(41-32(23)44(33(28)45)27-9-5-4-6-10-27)40-25-13-11-24(12-14-25)39-26-8-7-17-42(2)21-26/h4-6,9-16,18-20,26,39H,7-8,17,21H2,1-3H3,(H,36,40,41). The number of likely N-dealkylation sites (tertiary alicyclic amines) is 1. The first-order valence-corrected chi connectivity index (χ1v) is 15.1. The highest BCUT2D eigenvalue weighted by molar-refractivity contribution is 5.83. The predicted octanol–water partition coefficient (Wildman–Crippen LogP) is 5.20. The number of nitrogens with one attached hydrogen (secondary N) is 2. The second-order valence-corrected chi connectivity index (χ2v) is 11.5. The number of rotatable bonds is 7. The van der Waals surface area contributed by atoms with Gasteiger partial charge < -0.3 is 15.5 Å². The molecule has 0 aliphatic carbocycles. The third-order valence-corrected chi connectivity index (χ3v) is 8.21. The maximum absolute atomic E-state index is 14.2. The number of anilines is 3. The minimum absolute atomic E-state index is 0.220. The van der Waals surface area contributed by atoms with Crippen molar-refractivity contribution >= 4 is 28.4 Å². The van der Waals surface area contributed by atoms with E-state index in [0.717, 1.165) is 30.2 Å². The zero-order valence-corrected chi connectivity index (χ0v) is 25.5. The first-order chi connectivity index (χ1) is 21.9. The molecule has 1 fully saturated rings. The first-order valence-electron chi connectivity index (χ1n) is 15.1. The Labute approximate surface area is 260 Å². The molecule has 0 saturated carbocycles. The van der Waals surface area contributed by atoms with Crippen LogP contribution in [0.25, 0.3) is 39.4 Å². The lowest BCUT2D eigenvalue weighted by Crippen LogP contribution is -2.39. The number of benzene rings is 2. The van der Waals surface area contributed by atoms with Crippen molar-refractivity contribution in [3.63, 3.8) is 0 Å². The Morgan fingerprint density at radius 3 is 2.42 bits per heavy atom. The number of hydrogen-bond donors (Lipinski definition) is 2.